The van der Waals surface area contributed by atoms with Gasteiger partial charge in [-0.1, -0.05) is 34.9 Å². The molecule has 0 saturated carbocycles. The minimum atomic E-state index is -2.73. The van der Waals surface area contributed by atoms with Crippen molar-refractivity contribution in [1.29, 1.82) is 0 Å². The van der Waals surface area contributed by atoms with E-state index in [9.17, 15) is 4.79 Å². The molecule has 1 unspecified atom stereocenters. The zero-order valence-corrected chi connectivity index (χ0v) is 17.7. The maximum atomic E-state index is 12.8. The maximum absolute atomic E-state index is 12.8. The van der Waals surface area contributed by atoms with Gasteiger partial charge in [0.1, 0.15) is 18.1 Å². The summed E-state index contributed by atoms with van der Waals surface area (Å²) >= 11 is 0. The van der Waals surface area contributed by atoms with E-state index >= 15 is 0 Å². The van der Waals surface area contributed by atoms with Crippen LogP contribution >= 0.6 is 10.6 Å². The Morgan fingerprint density at radius 1 is 1.03 bits per heavy atom. The fourth-order valence-corrected chi connectivity index (χ4v) is 5.11. The molecule has 3 heterocycles. The fraction of sp³-hybridized carbons (Fsp3) is 0.143. The number of rotatable bonds is 6. The van der Waals surface area contributed by atoms with E-state index in [0.717, 1.165) is 5.56 Å². The van der Waals surface area contributed by atoms with E-state index in [-0.39, 0.29) is 11.1 Å². The second kappa shape index (κ2) is 9.13. The van der Waals surface area contributed by atoms with Gasteiger partial charge in [0.05, 0.1) is 7.11 Å². The predicted octanol–water partition coefficient (Wildman–Crippen LogP) is 3.39. The third kappa shape index (κ3) is 4.22. The first kappa shape index (κ1) is 20.8. The number of nitrogens with one attached hydrogen (secondary N) is 1. The van der Waals surface area contributed by atoms with E-state index in [1.165, 1.54) is 13.4 Å². The lowest BCUT2D eigenvalue weighted by atomic mass is 10.2. The van der Waals surface area contributed by atoms with E-state index in [1.807, 2.05) is 25.1 Å². The van der Waals surface area contributed by atoms with Crippen LogP contribution in [0.25, 0.3) is 0 Å². The molecule has 0 aliphatic carbocycles. The number of hydrogen-bond acceptors (Lipinski definition) is 8. The number of carbonyl (C=O) groups excluding carboxylic acids is 1. The van der Waals surface area contributed by atoms with Crippen LogP contribution in [0.15, 0.2) is 83.7 Å². The van der Waals surface area contributed by atoms with Crippen molar-refractivity contribution in [1.82, 2.24) is 20.3 Å². The van der Waals surface area contributed by atoms with Gasteiger partial charge in [0.15, 0.2) is 0 Å². The van der Waals surface area contributed by atoms with Crippen molar-refractivity contribution in [2.45, 2.75) is 13.0 Å². The standard InChI is InChI=1S/C21H20N6O3S/c1-15(17-9-6-11-22-13-17)30-31(29-2)20(18-10-12-23-14-24-18)26-27-21(31)25-19(28)16-7-4-3-5-8-16/h3-15H,1-2H3,(H,25,27,28)/t15-/m0/s1. The van der Waals surface area contributed by atoms with Gasteiger partial charge in [-0.3, -0.25) is 23.5 Å². The van der Waals surface area contributed by atoms with Gasteiger partial charge >= 0.3 is 0 Å². The summed E-state index contributed by atoms with van der Waals surface area (Å²) in [5.74, 6) is -0.343. The summed E-state index contributed by atoms with van der Waals surface area (Å²) in [6.45, 7) is 1.87. The van der Waals surface area contributed by atoms with Gasteiger partial charge in [-0.15, -0.1) is 10.2 Å². The number of aromatic nitrogens is 3. The molecule has 1 aliphatic heterocycles. The minimum Gasteiger partial charge on any atom is -0.291 e. The predicted molar refractivity (Wildman–Crippen MR) is 118 cm³/mol. The number of hydrogen-bond donors (Lipinski definition) is 1. The number of amides is 1. The third-order valence-corrected chi connectivity index (χ3v) is 6.99. The van der Waals surface area contributed by atoms with Gasteiger partial charge in [-0.05, 0) is 31.2 Å². The number of carbonyl (C=O) groups is 1. The molecule has 1 aromatic carbocycles. The molecule has 0 fully saturated rings. The Morgan fingerprint density at radius 3 is 2.55 bits per heavy atom. The van der Waals surface area contributed by atoms with Crippen molar-refractivity contribution in [2.24, 2.45) is 10.2 Å². The number of pyridine rings is 1. The van der Waals surface area contributed by atoms with Crippen molar-refractivity contribution in [2.75, 3.05) is 7.11 Å². The minimum absolute atomic E-state index is 0.188. The topological polar surface area (TPSA) is 111 Å². The van der Waals surface area contributed by atoms with Crippen LogP contribution in [0, 0.1) is 0 Å². The zero-order chi connectivity index (χ0) is 21.7. The molecule has 0 spiro atoms. The molecular formula is C21H20N6O3S. The quantitative estimate of drug-likeness (QED) is 0.634. The second-order valence-electron chi connectivity index (χ2n) is 6.42. The number of benzene rings is 1. The second-order valence-corrected chi connectivity index (χ2v) is 8.73. The van der Waals surface area contributed by atoms with Crippen molar-refractivity contribution in [3.05, 3.63) is 90.3 Å². The summed E-state index contributed by atoms with van der Waals surface area (Å²) in [4.78, 5) is 25.2. The molecule has 4 rings (SSSR count). The van der Waals surface area contributed by atoms with Crippen LogP contribution in [-0.4, -0.2) is 38.2 Å². The van der Waals surface area contributed by atoms with Crippen molar-refractivity contribution < 1.29 is 13.2 Å². The molecule has 1 aliphatic rings. The van der Waals surface area contributed by atoms with Crippen LogP contribution < -0.4 is 5.32 Å². The normalized spacial score (nSPS) is 20.8. The summed E-state index contributed by atoms with van der Waals surface area (Å²) < 4.78 is 12.3. The molecule has 9 nitrogen and oxygen atoms in total. The van der Waals surface area contributed by atoms with Crippen molar-refractivity contribution in [3.8, 4) is 0 Å². The summed E-state index contributed by atoms with van der Waals surface area (Å²) in [5.41, 5.74) is 1.82. The monoisotopic (exact) mass is 436 g/mol. The van der Waals surface area contributed by atoms with Crippen molar-refractivity contribution >= 4 is 26.7 Å². The van der Waals surface area contributed by atoms with E-state index in [1.54, 1.807) is 48.9 Å². The third-order valence-electron chi connectivity index (χ3n) is 4.47. The lowest BCUT2D eigenvalue weighted by Gasteiger charge is -2.40. The Kier molecular flexibility index (Phi) is 6.12. The summed E-state index contributed by atoms with van der Waals surface area (Å²) in [5, 5.41) is 11.9. The molecule has 1 N–H and O–H groups in total. The zero-order valence-electron chi connectivity index (χ0n) is 16.9. The average Bonchev–Trinajstić information content (AvgIpc) is 3.18. The Labute approximate surface area is 181 Å². The SMILES string of the molecule is COS1(O[C@@H](C)c2cccnc2)C(NC(=O)c2ccccc2)=NN=C1c1ccncn1. The Hall–Kier alpha value is -3.47. The van der Waals surface area contributed by atoms with E-state index in [0.29, 0.717) is 16.3 Å². The van der Waals surface area contributed by atoms with Gasteiger partial charge in [-0.2, -0.15) is 0 Å². The van der Waals surface area contributed by atoms with Crippen LogP contribution in [-0.2, 0) is 8.37 Å². The van der Waals surface area contributed by atoms with Gasteiger partial charge in [0, 0.05) is 29.7 Å². The molecule has 3 aromatic rings. The first-order chi connectivity index (χ1) is 15.1. The van der Waals surface area contributed by atoms with Gasteiger partial charge in [0.2, 0.25) is 10.2 Å². The first-order valence-electron chi connectivity index (χ1n) is 9.39. The molecule has 0 radical (unpaired) electrons. The molecule has 2 aromatic heterocycles. The van der Waals surface area contributed by atoms with E-state index in [4.69, 9.17) is 8.37 Å². The van der Waals surface area contributed by atoms with Gasteiger partial charge < -0.3 is 0 Å². The lowest BCUT2D eigenvalue weighted by molar-refractivity contribution is 0.0977. The molecule has 0 bridgehead atoms. The molecule has 1 amide bonds. The fourth-order valence-electron chi connectivity index (χ4n) is 2.91. The van der Waals surface area contributed by atoms with Crippen molar-refractivity contribution in [3.63, 3.8) is 0 Å². The molecular weight excluding hydrogens is 416 g/mol. The lowest BCUT2D eigenvalue weighted by Crippen LogP contribution is -2.37. The Balaban J connectivity index is 1.69. The number of amidine groups is 1. The highest BCUT2D eigenvalue weighted by atomic mass is 32.3. The summed E-state index contributed by atoms with van der Waals surface area (Å²) in [6, 6.07) is 14.2. The Bertz CT molecular complexity index is 1110. The van der Waals surface area contributed by atoms with E-state index in [2.05, 4.69) is 30.5 Å². The van der Waals surface area contributed by atoms with E-state index < -0.39 is 16.7 Å². The van der Waals surface area contributed by atoms with Gasteiger partial charge in [0.25, 0.3) is 5.91 Å². The molecule has 158 valence electrons. The highest BCUT2D eigenvalue weighted by Gasteiger charge is 2.42. The summed E-state index contributed by atoms with van der Waals surface area (Å²) in [7, 11) is -1.24. The number of nitrogens with zero attached hydrogens (tertiary/aromatic N) is 5. The molecule has 0 saturated heterocycles. The van der Waals surface area contributed by atoms with Crippen LogP contribution in [0.3, 0.4) is 0 Å². The summed E-state index contributed by atoms with van der Waals surface area (Å²) in [6.07, 6.45) is 5.97. The highest BCUT2D eigenvalue weighted by Crippen LogP contribution is 2.58. The molecule has 10 heteroatoms. The molecule has 2 atom stereocenters. The first-order valence-corrected chi connectivity index (χ1v) is 10.9. The van der Waals surface area contributed by atoms with Crippen LogP contribution in [0.1, 0.15) is 34.6 Å². The Morgan fingerprint density at radius 2 is 1.87 bits per heavy atom. The van der Waals surface area contributed by atoms with Crippen LogP contribution in [0.2, 0.25) is 0 Å². The largest absolute Gasteiger partial charge is 0.291 e. The smallest absolute Gasteiger partial charge is 0.257 e. The highest BCUT2D eigenvalue weighted by molar-refractivity contribution is 8.49. The average molecular weight is 436 g/mol. The maximum Gasteiger partial charge on any atom is 0.257 e. The van der Waals surface area contributed by atoms with Crippen LogP contribution in [0.5, 0.6) is 0 Å². The van der Waals surface area contributed by atoms with Gasteiger partial charge in [-0.25, -0.2) is 9.97 Å². The molecule has 31 heavy (non-hydrogen) atoms. The van der Waals surface area contributed by atoms with Crippen LogP contribution in [0.4, 0.5) is 0 Å².